The molecule has 0 unspecified atom stereocenters. The van der Waals surface area contributed by atoms with E-state index in [1.165, 1.54) is 13.0 Å². The second kappa shape index (κ2) is 10.2. The lowest BCUT2D eigenvalue weighted by molar-refractivity contribution is -0.121. The molecular formula is C24H25N3O5S. The second-order valence-corrected chi connectivity index (χ2v) is 9.19. The number of anilines is 1. The first-order chi connectivity index (χ1) is 15.7. The minimum atomic E-state index is -3.79. The number of rotatable bonds is 8. The van der Waals surface area contributed by atoms with Crippen LogP contribution < -0.4 is 14.5 Å². The number of hydrogen-bond donors (Lipinski definition) is 2. The maximum Gasteiger partial charge on any atom is 0.263 e. The number of aromatic hydroxyl groups is 1. The van der Waals surface area contributed by atoms with Gasteiger partial charge in [-0.1, -0.05) is 30.3 Å². The number of benzene rings is 3. The van der Waals surface area contributed by atoms with Crippen molar-refractivity contribution in [3.63, 3.8) is 0 Å². The smallest absolute Gasteiger partial charge is 0.263 e. The van der Waals surface area contributed by atoms with Gasteiger partial charge in [-0.15, -0.1) is 0 Å². The fourth-order valence-corrected chi connectivity index (χ4v) is 4.34. The van der Waals surface area contributed by atoms with Crippen LogP contribution in [0.15, 0.2) is 84.0 Å². The molecule has 0 fully saturated rings. The van der Waals surface area contributed by atoms with Crippen LogP contribution in [0.5, 0.6) is 17.2 Å². The van der Waals surface area contributed by atoms with Gasteiger partial charge in [0.1, 0.15) is 23.3 Å². The molecular weight excluding hydrogens is 442 g/mol. The van der Waals surface area contributed by atoms with E-state index in [-0.39, 0.29) is 5.75 Å². The number of nitrogens with zero attached hydrogens (tertiary/aromatic N) is 2. The number of phenols is 1. The van der Waals surface area contributed by atoms with E-state index in [1.807, 2.05) is 18.2 Å². The Bertz CT molecular complexity index is 1240. The van der Waals surface area contributed by atoms with Gasteiger partial charge in [-0.2, -0.15) is 5.10 Å². The summed E-state index contributed by atoms with van der Waals surface area (Å²) < 4.78 is 31.8. The third kappa shape index (κ3) is 6.11. The molecule has 8 nitrogen and oxygen atoms in total. The van der Waals surface area contributed by atoms with E-state index in [0.717, 1.165) is 10.6 Å². The molecule has 0 aromatic heterocycles. The zero-order valence-electron chi connectivity index (χ0n) is 18.5. The van der Waals surface area contributed by atoms with Gasteiger partial charge in [0.15, 0.2) is 0 Å². The van der Waals surface area contributed by atoms with Crippen molar-refractivity contribution in [3.8, 4) is 17.2 Å². The van der Waals surface area contributed by atoms with Crippen LogP contribution in [0, 0.1) is 0 Å². The van der Waals surface area contributed by atoms with Crippen LogP contribution in [0.1, 0.15) is 19.4 Å². The molecule has 3 aromatic rings. The second-order valence-electron chi connectivity index (χ2n) is 7.33. The van der Waals surface area contributed by atoms with E-state index < -0.39 is 22.0 Å². The van der Waals surface area contributed by atoms with Crippen molar-refractivity contribution < 1.29 is 23.1 Å². The maximum atomic E-state index is 12.7. The summed E-state index contributed by atoms with van der Waals surface area (Å²) in [6.45, 7) is 3.09. The Hall–Kier alpha value is -3.85. The Kier molecular flexibility index (Phi) is 7.34. The monoisotopic (exact) mass is 467 g/mol. The van der Waals surface area contributed by atoms with Crippen molar-refractivity contribution in [2.75, 3.05) is 10.6 Å². The molecule has 0 saturated heterocycles. The van der Waals surface area contributed by atoms with E-state index >= 15 is 0 Å². The molecule has 0 spiro atoms. The zero-order chi connectivity index (χ0) is 24.0. The number of carbonyl (C=O) groups excluding carboxylic acids is 1. The predicted octanol–water partition coefficient (Wildman–Crippen LogP) is 3.88. The summed E-state index contributed by atoms with van der Waals surface area (Å²) in [5, 5.41) is 13.9. The predicted molar refractivity (Wildman–Crippen MR) is 128 cm³/mol. The number of para-hydroxylation sites is 2. The molecule has 2 N–H and O–H groups in total. The minimum Gasteiger partial charge on any atom is -0.507 e. The van der Waals surface area contributed by atoms with Crippen molar-refractivity contribution in [1.82, 2.24) is 5.43 Å². The summed E-state index contributed by atoms with van der Waals surface area (Å²) in [6, 6.07) is 21.1. The minimum absolute atomic E-state index is 0.0246. The molecule has 1 atom stereocenters. The number of ether oxygens (including phenoxy) is 1. The van der Waals surface area contributed by atoms with Gasteiger partial charge in [0.2, 0.25) is 10.0 Å². The van der Waals surface area contributed by atoms with Gasteiger partial charge in [0.05, 0.1) is 17.7 Å². The quantitative estimate of drug-likeness (QED) is 0.386. The highest BCUT2D eigenvalue weighted by molar-refractivity contribution is 7.92. The Labute approximate surface area is 193 Å². The molecule has 0 heterocycles. The zero-order valence-corrected chi connectivity index (χ0v) is 19.3. The van der Waals surface area contributed by atoms with Crippen LogP contribution in [0.2, 0.25) is 0 Å². The molecule has 0 aliphatic rings. The first-order valence-electron chi connectivity index (χ1n) is 10.1. The van der Waals surface area contributed by atoms with Gasteiger partial charge in [-0.05, 0) is 62.4 Å². The Morgan fingerprint density at radius 2 is 1.55 bits per heavy atom. The number of phenolic OH excluding ortho intramolecular Hbond substituents is 1. The lowest BCUT2D eigenvalue weighted by Crippen LogP contribution is -2.46. The first-order valence-corrected chi connectivity index (χ1v) is 12.0. The van der Waals surface area contributed by atoms with Gasteiger partial charge in [-0.25, -0.2) is 13.8 Å². The van der Waals surface area contributed by atoms with E-state index in [9.17, 15) is 18.3 Å². The number of hydrogen-bond acceptors (Lipinski definition) is 6. The third-order valence-corrected chi connectivity index (χ3v) is 6.03. The number of hydrazone groups is 1. The molecule has 1 amide bonds. The van der Waals surface area contributed by atoms with Crippen molar-refractivity contribution in [2.24, 2.45) is 5.10 Å². The number of sulfonamides is 1. The maximum absolute atomic E-state index is 12.7. The van der Waals surface area contributed by atoms with E-state index in [4.69, 9.17) is 4.74 Å². The highest BCUT2D eigenvalue weighted by Gasteiger charge is 2.29. The molecule has 33 heavy (non-hydrogen) atoms. The fraction of sp³-hybridized carbons (Fsp3) is 0.167. The average molecular weight is 468 g/mol. The lowest BCUT2D eigenvalue weighted by atomic mass is 10.1. The molecule has 172 valence electrons. The van der Waals surface area contributed by atoms with Crippen molar-refractivity contribution >= 4 is 27.3 Å². The van der Waals surface area contributed by atoms with Crippen molar-refractivity contribution in [3.05, 3.63) is 84.4 Å². The number of amides is 1. The Morgan fingerprint density at radius 1 is 0.970 bits per heavy atom. The molecule has 0 aliphatic carbocycles. The van der Waals surface area contributed by atoms with E-state index in [0.29, 0.717) is 28.5 Å². The van der Waals surface area contributed by atoms with Gasteiger partial charge in [-0.3, -0.25) is 9.10 Å². The largest absolute Gasteiger partial charge is 0.507 e. The summed E-state index contributed by atoms with van der Waals surface area (Å²) in [7, 11) is -3.79. The van der Waals surface area contributed by atoms with Crippen LogP contribution in [-0.2, 0) is 14.8 Å². The SMILES string of the molecule is C/C(=N/NC(=O)[C@@H](C)N(c1ccc(Oc2ccccc2)cc1)S(C)(=O)=O)c1ccccc1O. The highest BCUT2D eigenvalue weighted by Crippen LogP contribution is 2.27. The molecule has 0 saturated carbocycles. The van der Waals surface area contributed by atoms with Gasteiger partial charge in [0.25, 0.3) is 5.91 Å². The van der Waals surface area contributed by atoms with E-state index in [1.54, 1.807) is 61.5 Å². The number of nitrogens with one attached hydrogen (secondary N) is 1. The van der Waals surface area contributed by atoms with E-state index in [2.05, 4.69) is 10.5 Å². The Morgan fingerprint density at radius 3 is 2.15 bits per heavy atom. The molecule has 3 rings (SSSR count). The van der Waals surface area contributed by atoms with Crippen LogP contribution in [0.3, 0.4) is 0 Å². The molecule has 0 radical (unpaired) electrons. The van der Waals surface area contributed by atoms with Crippen LogP contribution >= 0.6 is 0 Å². The van der Waals surface area contributed by atoms with Gasteiger partial charge >= 0.3 is 0 Å². The summed E-state index contributed by atoms with van der Waals surface area (Å²) in [5.74, 6) is 0.575. The standard InChI is InChI=1S/C24H25N3O5S/c1-17(22-11-7-8-12-23(22)28)25-26-24(29)18(2)27(33(3,30)31)19-13-15-21(16-14-19)32-20-9-5-4-6-10-20/h4-16,18,28H,1-3H3,(H,26,29)/b25-17-/t18-/m1/s1. The highest BCUT2D eigenvalue weighted by atomic mass is 32.2. The van der Waals surface area contributed by atoms with Gasteiger partial charge in [0, 0.05) is 5.56 Å². The molecule has 3 aromatic carbocycles. The van der Waals surface area contributed by atoms with Crippen molar-refractivity contribution in [1.29, 1.82) is 0 Å². The summed E-state index contributed by atoms with van der Waals surface area (Å²) in [4.78, 5) is 12.7. The van der Waals surface area contributed by atoms with Crippen LogP contribution in [-0.4, -0.2) is 37.4 Å². The van der Waals surface area contributed by atoms with Crippen molar-refractivity contribution in [2.45, 2.75) is 19.9 Å². The summed E-state index contributed by atoms with van der Waals surface area (Å²) >= 11 is 0. The Balaban J connectivity index is 1.77. The molecule has 9 heteroatoms. The van der Waals surface area contributed by atoms with Crippen LogP contribution in [0.4, 0.5) is 5.69 Å². The summed E-state index contributed by atoms with van der Waals surface area (Å²) in [5.41, 5.74) is 3.52. The topological polar surface area (TPSA) is 108 Å². The van der Waals surface area contributed by atoms with Gasteiger partial charge < -0.3 is 9.84 Å². The average Bonchev–Trinajstić information content (AvgIpc) is 2.78. The third-order valence-electron chi connectivity index (χ3n) is 4.79. The lowest BCUT2D eigenvalue weighted by Gasteiger charge is -2.27. The summed E-state index contributed by atoms with van der Waals surface area (Å²) in [6.07, 6.45) is 1.03. The normalized spacial score (nSPS) is 12.6. The fourth-order valence-electron chi connectivity index (χ4n) is 3.17. The first kappa shape index (κ1) is 23.8. The number of carbonyl (C=O) groups is 1. The molecule has 0 bridgehead atoms. The molecule has 0 aliphatic heterocycles. The van der Waals surface area contributed by atoms with Crippen LogP contribution in [0.25, 0.3) is 0 Å².